The van der Waals surface area contributed by atoms with Gasteiger partial charge in [0.15, 0.2) is 9.84 Å². The maximum Gasteiger partial charge on any atom is 0.335 e. The minimum Gasteiger partial charge on any atom is -0.478 e. The Hall–Kier alpha value is -1.89. The minimum absolute atomic E-state index is 0.0323. The Bertz CT molecular complexity index is 547. The monoisotopic (exact) mass is 243 g/mol. The summed E-state index contributed by atoms with van der Waals surface area (Å²) in [5.74, 6) is -1.19. The predicted molar refractivity (Wildman–Crippen MR) is 55.9 cm³/mol. The Morgan fingerprint density at radius 2 is 2.06 bits per heavy atom. The van der Waals surface area contributed by atoms with Crippen molar-refractivity contribution in [3.8, 4) is 0 Å². The third kappa shape index (κ3) is 2.57. The zero-order valence-electron chi connectivity index (χ0n) is 8.28. The predicted octanol–water partition coefficient (Wildman–Crippen LogP) is 0.596. The molecule has 86 valence electrons. The molecule has 0 radical (unpaired) electrons. The second kappa shape index (κ2) is 4.31. The number of carboxylic acid groups (broad SMARTS) is 1. The molecule has 0 amide bonds. The Morgan fingerprint density at radius 3 is 2.50 bits per heavy atom. The normalized spacial score (nSPS) is 11.8. The molecule has 0 aliphatic rings. The van der Waals surface area contributed by atoms with E-state index in [2.05, 4.69) is 5.16 Å². The Labute approximate surface area is 91.8 Å². The molecule has 1 rings (SSSR count). The summed E-state index contributed by atoms with van der Waals surface area (Å²) >= 11 is 0. The largest absolute Gasteiger partial charge is 0.478 e. The van der Waals surface area contributed by atoms with E-state index in [-0.39, 0.29) is 16.0 Å². The third-order valence-electron chi connectivity index (χ3n) is 1.85. The molecule has 6 nitrogen and oxygen atoms in total. The van der Waals surface area contributed by atoms with Gasteiger partial charge in [-0.1, -0.05) is 5.16 Å². The lowest BCUT2D eigenvalue weighted by Gasteiger charge is -2.04. The molecule has 0 fully saturated rings. The second-order valence-corrected chi connectivity index (χ2v) is 5.06. The standard InChI is InChI=1S/C9H9NO5S/c1-16(14,15)8-3-2-6(9(11)12)4-7(8)5-10-13/h2-5,13H,1H3,(H,11,12). The fraction of sp³-hybridized carbons (Fsp3) is 0.111. The summed E-state index contributed by atoms with van der Waals surface area (Å²) in [5.41, 5.74) is -0.0489. The number of oxime groups is 1. The average molecular weight is 243 g/mol. The van der Waals surface area contributed by atoms with Crippen molar-refractivity contribution in [2.75, 3.05) is 6.26 Å². The lowest BCUT2D eigenvalue weighted by atomic mass is 10.1. The van der Waals surface area contributed by atoms with Gasteiger partial charge in [-0.3, -0.25) is 0 Å². The van der Waals surface area contributed by atoms with Crippen molar-refractivity contribution in [3.05, 3.63) is 29.3 Å². The average Bonchev–Trinajstić information content (AvgIpc) is 2.16. The van der Waals surface area contributed by atoms with Crippen molar-refractivity contribution >= 4 is 22.0 Å². The number of carbonyl (C=O) groups is 1. The number of sulfone groups is 1. The summed E-state index contributed by atoms with van der Waals surface area (Å²) in [6.07, 6.45) is 1.86. The first-order chi connectivity index (χ1) is 7.36. The van der Waals surface area contributed by atoms with E-state index in [1.807, 2.05) is 0 Å². The van der Waals surface area contributed by atoms with Gasteiger partial charge in [0.1, 0.15) is 0 Å². The Balaban J connectivity index is 3.48. The van der Waals surface area contributed by atoms with Crippen LogP contribution in [0.25, 0.3) is 0 Å². The molecular formula is C9H9NO5S. The molecule has 7 heteroatoms. The molecule has 0 aliphatic heterocycles. The molecule has 0 saturated heterocycles. The molecule has 0 aliphatic carbocycles. The number of aromatic carboxylic acids is 1. The molecule has 0 spiro atoms. The summed E-state index contributed by atoms with van der Waals surface area (Å²) in [6, 6.07) is 3.46. The highest BCUT2D eigenvalue weighted by atomic mass is 32.2. The van der Waals surface area contributed by atoms with Crippen molar-refractivity contribution in [2.24, 2.45) is 5.16 Å². The van der Waals surface area contributed by atoms with Crippen molar-refractivity contribution in [1.82, 2.24) is 0 Å². The summed E-state index contributed by atoms with van der Waals surface area (Å²) in [5, 5.41) is 19.8. The number of hydrogen-bond acceptors (Lipinski definition) is 5. The number of benzene rings is 1. The van der Waals surface area contributed by atoms with E-state index >= 15 is 0 Å². The van der Waals surface area contributed by atoms with Gasteiger partial charge in [-0.15, -0.1) is 0 Å². The van der Waals surface area contributed by atoms with Crippen LogP contribution in [0, 0.1) is 0 Å². The van der Waals surface area contributed by atoms with Crippen LogP contribution in [-0.2, 0) is 9.84 Å². The van der Waals surface area contributed by atoms with Crippen LogP contribution < -0.4 is 0 Å². The molecule has 0 bridgehead atoms. The Kier molecular flexibility index (Phi) is 3.28. The van der Waals surface area contributed by atoms with E-state index in [0.717, 1.165) is 24.6 Å². The number of carboxylic acids is 1. The van der Waals surface area contributed by atoms with Crippen molar-refractivity contribution < 1.29 is 23.5 Å². The van der Waals surface area contributed by atoms with E-state index in [1.54, 1.807) is 0 Å². The maximum atomic E-state index is 11.3. The number of nitrogens with zero attached hydrogens (tertiary/aromatic N) is 1. The first-order valence-electron chi connectivity index (χ1n) is 4.11. The lowest BCUT2D eigenvalue weighted by Crippen LogP contribution is -2.05. The van der Waals surface area contributed by atoms with Crippen molar-refractivity contribution in [2.45, 2.75) is 4.90 Å². The van der Waals surface area contributed by atoms with E-state index < -0.39 is 15.8 Å². The summed E-state index contributed by atoms with van der Waals surface area (Å²) in [7, 11) is -3.49. The third-order valence-corrected chi connectivity index (χ3v) is 3.02. The topological polar surface area (TPSA) is 104 Å². The number of hydrogen-bond donors (Lipinski definition) is 2. The summed E-state index contributed by atoms with van der Waals surface area (Å²) < 4.78 is 22.6. The van der Waals surface area contributed by atoms with Crippen LogP contribution >= 0.6 is 0 Å². The fourth-order valence-electron chi connectivity index (χ4n) is 1.18. The summed E-state index contributed by atoms with van der Waals surface area (Å²) in [6.45, 7) is 0. The smallest absolute Gasteiger partial charge is 0.335 e. The van der Waals surface area contributed by atoms with Gasteiger partial charge in [-0.2, -0.15) is 0 Å². The second-order valence-electron chi connectivity index (χ2n) is 3.07. The van der Waals surface area contributed by atoms with Gasteiger partial charge in [0, 0.05) is 11.8 Å². The molecule has 0 heterocycles. The van der Waals surface area contributed by atoms with Crippen LogP contribution in [0.5, 0.6) is 0 Å². The molecule has 1 aromatic rings. The van der Waals surface area contributed by atoms with Crippen molar-refractivity contribution in [1.29, 1.82) is 0 Å². The van der Waals surface area contributed by atoms with E-state index in [9.17, 15) is 13.2 Å². The van der Waals surface area contributed by atoms with Crippen LogP contribution in [0.4, 0.5) is 0 Å². The van der Waals surface area contributed by atoms with Gasteiger partial charge in [0.25, 0.3) is 0 Å². The molecule has 2 N–H and O–H groups in total. The van der Waals surface area contributed by atoms with Crippen molar-refractivity contribution in [3.63, 3.8) is 0 Å². The molecule has 1 aromatic carbocycles. The van der Waals surface area contributed by atoms with Crippen LogP contribution in [-0.4, -0.2) is 37.2 Å². The zero-order chi connectivity index (χ0) is 12.3. The summed E-state index contributed by atoms with van der Waals surface area (Å²) in [4.78, 5) is 10.6. The van der Waals surface area contributed by atoms with Gasteiger partial charge in [0.05, 0.1) is 16.7 Å². The molecule has 0 aromatic heterocycles. The van der Waals surface area contributed by atoms with Crippen LogP contribution in [0.3, 0.4) is 0 Å². The molecule has 0 saturated carbocycles. The Morgan fingerprint density at radius 1 is 1.44 bits per heavy atom. The van der Waals surface area contributed by atoms with Crippen LogP contribution in [0.1, 0.15) is 15.9 Å². The lowest BCUT2D eigenvalue weighted by molar-refractivity contribution is 0.0696. The zero-order valence-corrected chi connectivity index (χ0v) is 9.10. The van der Waals surface area contributed by atoms with E-state index in [4.69, 9.17) is 10.3 Å². The number of rotatable bonds is 3. The quantitative estimate of drug-likeness (QED) is 0.459. The van der Waals surface area contributed by atoms with Gasteiger partial charge < -0.3 is 10.3 Å². The highest BCUT2D eigenvalue weighted by molar-refractivity contribution is 7.90. The van der Waals surface area contributed by atoms with Gasteiger partial charge in [0.2, 0.25) is 0 Å². The molecule has 0 atom stereocenters. The van der Waals surface area contributed by atoms with Crippen LogP contribution in [0.15, 0.2) is 28.3 Å². The molecular weight excluding hydrogens is 234 g/mol. The van der Waals surface area contributed by atoms with E-state index in [1.165, 1.54) is 6.07 Å². The van der Waals surface area contributed by atoms with E-state index in [0.29, 0.717) is 0 Å². The molecule has 16 heavy (non-hydrogen) atoms. The highest BCUT2D eigenvalue weighted by Crippen LogP contribution is 2.16. The highest BCUT2D eigenvalue weighted by Gasteiger charge is 2.14. The maximum absolute atomic E-state index is 11.3. The SMILES string of the molecule is CS(=O)(=O)c1ccc(C(=O)O)cc1C=NO. The fourth-order valence-corrected chi connectivity index (χ4v) is 2.04. The minimum atomic E-state index is -3.49. The van der Waals surface area contributed by atoms with Gasteiger partial charge in [-0.25, -0.2) is 13.2 Å². The van der Waals surface area contributed by atoms with Gasteiger partial charge >= 0.3 is 5.97 Å². The molecule has 0 unspecified atom stereocenters. The first kappa shape index (κ1) is 12.2. The van der Waals surface area contributed by atoms with Crippen LogP contribution in [0.2, 0.25) is 0 Å². The first-order valence-corrected chi connectivity index (χ1v) is 6.00. The van der Waals surface area contributed by atoms with Gasteiger partial charge in [-0.05, 0) is 18.2 Å².